The number of methoxy groups -OCH3 is 1. The van der Waals surface area contributed by atoms with Gasteiger partial charge in [0.05, 0.1) is 6.10 Å². The summed E-state index contributed by atoms with van der Waals surface area (Å²) < 4.78 is 5.32. The molecule has 1 fully saturated rings. The number of hydrogen-bond donors (Lipinski definition) is 1. The fourth-order valence-electron chi connectivity index (χ4n) is 2.22. The third kappa shape index (κ3) is 3.58. The summed E-state index contributed by atoms with van der Waals surface area (Å²) in [6.07, 6.45) is 3.94. The highest BCUT2D eigenvalue weighted by atomic mass is 16.5. The van der Waals surface area contributed by atoms with Crippen LogP contribution in [0.4, 0.5) is 10.5 Å². The van der Waals surface area contributed by atoms with Crippen LogP contribution in [-0.2, 0) is 4.74 Å². The van der Waals surface area contributed by atoms with E-state index < -0.39 is 0 Å². The quantitative estimate of drug-likeness (QED) is 0.907. The molecule has 1 aromatic rings. The molecule has 1 atom stereocenters. The lowest BCUT2D eigenvalue weighted by atomic mass is 10.1. The van der Waals surface area contributed by atoms with Crippen LogP contribution >= 0.6 is 0 Å². The van der Waals surface area contributed by atoms with Crippen LogP contribution in [0, 0.1) is 0 Å². The maximum Gasteiger partial charge on any atom is 0.321 e. The van der Waals surface area contributed by atoms with E-state index in [0.29, 0.717) is 6.54 Å². The van der Waals surface area contributed by atoms with Gasteiger partial charge in [0.1, 0.15) is 0 Å². The molecule has 1 aliphatic heterocycles. The molecule has 2 amide bonds. The summed E-state index contributed by atoms with van der Waals surface area (Å²) in [4.78, 5) is 13.9. The summed E-state index contributed by atoms with van der Waals surface area (Å²) in [5, 5.41) is 2.90. The molecule has 0 unspecified atom stereocenters. The lowest BCUT2D eigenvalue weighted by Crippen LogP contribution is -2.44. The fourth-order valence-corrected chi connectivity index (χ4v) is 2.22. The summed E-state index contributed by atoms with van der Waals surface area (Å²) in [6.45, 7) is 5.15. The molecule has 0 radical (unpaired) electrons. The number of ether oxygens (including phenoxy) is 1. The molecule has 1 saturated heterocycles. The summed E-state index contributed by atoms with van der Waals surface area (Å²) in [5.41, 5.74) is 1.84. The summed E-state index contributed by atoms with van der Waals surface area (Å²) in [6, 6.07) is 7.56. The van der Waals surface area contributed by atoms with E-state index in [-0.39, 0.29) is 12.1 Å². The van der Waals surface area contributed by atoms with Gasteiger partial charge in [0.2, 0.25) is 0 Å². The van der Waals surface area contributed by atoms with E-state index in [1.807, 2.05) is 24.3 Å². The van der Waals surface area contributed by atoms with Crippen LogP contribution in [0.15, 0.2) is 30.8 Å². The molecule has 0 bridgehead atoms. The average molecular weight is 260 g/mol. The number of hydrogen-bond acceptors (Lipinski definition) is 2. The van der Waals surface area contributed by atoms with Crippen LogP contribution in [0.1, 0.15) is 18.4 Å². The van der Waals surface area contributed by atoms with Gasteiger partial charge in [-0.15, -0.1) is 0 Å². The van der Waals surface area contributed by atoms with Crippen molar-refractivity contribution in [3.63, 3.8) is 0 Å². The Morgan fingerprint density at radius 2 is 2.21 bits per heavy atom. The first-order chi connectivity index (χ1) is 9.22. The molecule has 4 heteroatoms. The third-order valence-electron chi connectivity index (χ3n) is 3.40. The number of carbonyl (C=O) groups excluding carboxylic acids is 1. The number of carbonyl (C=O) groups is 1. The van der Waals surface area contributed by atoms with E-state index in [2.05, 4.69) is 11.9 Å². The second-order valence-corrected chi connectivity index (χ2v) is 4.70. The fraction of sp³-hybridized carbons (Fsp3) is 0.400. The number of nitrogens with one attached hydrogen (secondary N) is 1. The number of rotatable bonds is 3. The second-order valence-electron chi connectivity index (χ2n) is 4.70. The minimum Gasteiger partial charge on any atom is -0.380 e. The van der Waals surface area contributed by atoms with Crippen LogP contribution in [-0.4, -0.2) is 37.2 Å². The first-order valence-corrected chi connectivity index (χ1v) is 6.54. The standard InChI is InChI=1S/C15H20N2O2/c1-3-12-6-8-13(9-7-12)16-15(18)17-10-4-5-14(11-17)19-2/h3,6-9,14H,1,4-5,10-11H2,2H3,(H,16,18)/t14-/m0/s1. The molecule has 0 spiro atoms. The van der Waals surface area contributed by atoms with Crippen LogP contribution < -0.4 is 5.32 Å². The van der Waals surface area contributed by atoms with Crippen LogP contribution in [0.2, 0.25) is 0 Å². The molecule has 0 aromatic heterocycles. The van der Waals surface area contributed by atoms with Crippen molar-refractivity contribution in [2.45, 2.75) is 18.9 Å². The zero-order chi connectivity index (χ0) is 13.7. The van der Waals surface area contributed by atoms with E-state index >= 15 is 0 Å². The molecule has 102 valence electrons. The minimum atomic E-state index is -0.0619. The van der Waals surface area contributed by atoms with Crippen molar-refractivity contribution in [3.05, 3.63) is 36.4 Å². The first kappa shape index (κ1) is 13.6. The van der Waals surface area contributed by atoms with E-state index in [1.54, 1.807) is 18.1 Å². The van der Waals surface area contributed by atoms with E-state index in [0.717, 1.165) is 30.6 Å². The predicted molar refractivity (Wildman–Crippen MR) is 77.2 cm³/mol. The van der Waals surface area contributed by atoms with Gasteiger partial charge in [-0.05, 0) is 30.5 Å². The van der Waals surface area contributed by atoms with Crippen molar-refractivity contribution in [2.24, 2.45) is 0 Å². The highest BCUT2D eigenvalue weighted by molar-refractivity contribution is 5.89. The zero-order valence-electron chi connectivity index (χ0n) is 11.3. The molecule has 1 aromatic carbocycles. The van der Waals surface area contributed by atoms with Crippen molar-refractivity contribution < 1.29 is 9.53 Å². The maximum atomic E-state index is 12.1. The molecular formula is C15H20N2O2. The minimum absolute atomic E-state index is 0.0619. The predicted octanol–water partition coefficient (Wildman–Crippen LogP) is 2.97. The van der Waals surface area contributed by atoms with Gasteiger partial charge in [-0.2, -0.15) is 0 Å². The van der Waals surface area contributed by atoms with E-state index in [4.69, 9.17) is 4.74 Å². The van der Waals surface area contributed by atoms with E-state index in [9.17, 15) is 4.79 Å². The van der Waals surface area contributed by atoms with Gasteiger partial charge in [0.25, 0.3) is 0 Å². The van der Waals surface area contributed by atoms with Gasteiger partial charge >= 0.3 is 6.03 Å². The largest absolute Gasteiger partial charge is 0.380 e. The monoisotopic (exact) mass is 260 g/mol. The Labute approximate surface area is 114 Å². The SMILES string of the molecule is C=Cc1ccc(NC(=O)N2CCC[C@H](OC)C2)cc1. The number of amides is 2. The highest BCUT2D eigenvalue weighted by Crippen LogP contribution is 2.15. The Kier molecular flexibility index (Phi) is 4.58. The van der Waals surface area contributed by atoms with Crippen molar-refractivity contribution in [2.75, 3.05) is 25.5 Å². The first-order valence-electron chi connectivity index (χ1n) is 6.54. The molecule has 4 nitrogen and oxygen atoms in total. The Bertz CT molecular complexity index is 442. The summed E-state index contributed by atoms with van der Waals surface area (Å²) in [5.74, 6) is 0. The summed E-state index contributed by atoms with van der Waals surface area (Å²) >= 11 is 0. The Balaban J connectivity index is 1.94. The van der Waals surface area contributed by atoms with Gasteiger partial charge in [-0.3, -0.25) is 0 Å². The van der Waals surface area contributed by atoms with Crippen LogP contribution in [0.5, 0.6) is 0 Å². The van der Waals surface area contributed by atoms with Gasteiger partial charge in [-0.25, -0.2) is 4.79 Å². The van der Waals surface area contributed by atoms with Gasteiger partial charge in [0.15, 0.2) is 0 Å². The second kappa shape index (κ2) is 6.38. The van der Waals surface area contributed by atoms with Crippen molar-refractivity contribution >= 4 is 17.8 Å². The Morgan fingerprint density at radius 3 is 2.84 bits per heavy atom. The molecule has 1 aliphatic rings. The number of piperidine rings is 1. The van der Waals surface area contributed by atoms with Gasteiger partial charge in [-0.1, -0.05) is 24.8 Å². The van der Waals surface area contributed by atoms with Gasteiger partial charge in [0, 0.05) is 25.9 Å². The lowest BCUT2D eigenvalue weighted by molar-refractivity contribution is 0.0458. The van der Waals surface area contributed by atoms with Crippen molar-refractivity contribution in [1.82, 2.24) is 4.90 Å². The lowest BCUT2D eigenvalue weighted by Gasteiger charge is -2.31. The van der Waals surface area contributed by atoms with Crippen molar-refractivity contribution in [3.8, 4) is 0 Å². The molecule has 1 heterocycles. The normalized spacial score (nSPS) is 19.0. The third-order valence-corrected chi connectivity index (χ3v) is 3.40. The molecule has 0 aliphatic carbocycles. The smallest absolute Gasteiger partial charge is 0.321 e. The Morgan fingerprint density at radius 1 is 1.47 bits per heavy atom. The maximum absolute atomic E-state index is 12.1. The Hall–Kier alpha value is -1.81. The van der Waals surface area contributed by atoms with E-state index in [1.165, 1.54) is 0 Å². The number of likely N-dealkylation sites (tertiary alicyclic amines) is 1. The van der Waals surface area contributed by atoms with Crippen LogP contribution in [0.25, 0.3) is 6.08 Å². The molecule has 0 saturated carbocycles. The number of nitrogens with zero attached hydrogens (tertiary/aromatic N) is 1. The molecular weight excluding hydrogens is 240 g/mol. The van der Waals surface area contributed by atoms with Gasteiger partial charge < -0.3 is 15.0 Å². The topological polar surface area (TPSA) is 41.6 Å². The number of benzene rings is 1. The highest BCUT2D eigenvalue weighted by Gasteiger charge is 2.23. The zero-order valence-corrected chi connectivity index (χ0v) is 11.3. The molecule has 19 heavy (non-hydrogen) atoms. The van der Waals surface area contributed by atoms with Crippen molar-refractivity contribution in [1.29, 1.82) is 0 Å². The molecule has 2 rings (SSSR count). The molecule has 1 N–H and O–H groups in total. The summed E-state index contributed by atoms with van der Waals surface area (Å²) in [7, 11) is 1.69. The number of urea groups is 1. The van der Waals surface area contributed by atoms with Crippen LogP contribution in [0.3, 0.4) is 0 Å². The number of anilines is 1. The average Bonchev–Trinajstić information content (AvgIpc) is 2.48.